The summed E-state index contributed by atoms with van der Waals surface area (Å²) >= 11 is 0. The summed E-state index contributed by atoms with van der Waals surface area (Å²) < 4.78 is 60.9. The summed E-state index contributed by atoms with van der Waals surface area (Å²) in [7, 11) is 1.43. The second-order valence-corrected chi connectivity index (χ2v) is 9.33. The van der Waals surface area contributed by atoms with Crippen molar-refractivity contribution in [2.75, 3.05) is 7.11 Å². The van der Waals surface area contributed by atoms with Crippen LogP contribution in [-0.4, -0.2) is 38.2 Å². The lowest BCUT2D eigenvalue weighted by atomic mass is 9.84. The number of nitrogens with zero attached hydrogens (tertiary/aromatic N) is 4. The molecule has 1 unspecified atom stereocenters. The van der Waals surface area contributed by atoms with Crippen LogP contribution in [0.1, 0.15) is 22.6 Å². The van der Waals surface area contributed by atoms with E-state index in [1.165, 1.54) is 36.2 Å². The van der Waals surface area contributed by atoms with Gasteiger partial charge in [-0.3, -0.25) is 0 Å². The summed E-state index contributed by atoms with van der Waals surface area (Å²) in [4.78, 5) is 22.6. The third-order valence-electron chi connectivity index (χ3n) is 6.85. The first kappa shape index (κ1) is 25.4. The lowest BCUT2D eigenvalue weighted by Gasteiger charge is -2.27. The van der Waals surface area contributed by atoms with Crippen LogP contribution in [0.15, 0.2) is 82.3 Å². The topological polar surface area (TPSA) is 121 Å². The van der Waals surface area contributed by atoms with Crippen molar-refractivity contribution >= 4 is 16.6 Å². The average molecular weight is 574 g/mol. The molecule has 1 aliphatic rings. The molecule has 3 aromatic carbocycles. The molecule has 0 radical (unpaired) electrons. The molecule has 1 atom stereocenters. The van der Waals surface area contributed by atoms with Crippen LogP contribution in [0.4, 0.5) is 13.2 Å². The molecule has 0 bridgehead atoms. The van der Waals surface area contributed by atoms with Crippen molar-refractivity contribution in [1.29, 1.82) is 0 Å². The van der Waals surface area contributed by atoms with E-state index in [0.29, 0.717) is 27.7 Å². The van der Waals surface area contributed by atoms with Crippen LogP contribution in [0.3, 0.4) is 0 Å². The van der Waals surface area contributed by atoms with Crippen LogP contribution in [0, 0.1) is 0 Å². The normalized spacial score (nSPS) is 14.3. The zero-order valence-corrected chi connectivity index (χ0v) is 21.4. The molecule has 13 heteroatoms. The fourth-order valence-electron chi connectivity index (χ4n) is 5.08. The van der Waals surface area contributed by atoms with Crippen molar-refractivity contribution < 1.29 is 36.9 Å². The van der Waals surface area contributed by atoms with Crippen LogP contribution in [0.5, 0.6) is 28.9 Å². The van der Waals surface area contributed by atoms with Gasteiger partial charge in [-0.1, -0.05) is 24.3 Å². The Morgan fingerprint density at radius 1 is 1.02 bits per heavy atom. The first-order valence-corrected chi connectivity index (χ1v) is 12.4. The maximum Gasteiger partial charge on any atom is 0.573 e. The number of aromatic nitrogens is 4. The van der Waals surface area contributed by atoms with Gasteiger partial charge in [0.2, 0.25) is 5.88 Å². The third kappa shape index (κ3) is 4.13. The number of phenolic OH excluding ortho intramolecular Hbond substituents is 1. The van der Waals surface area contributed by atoms with E-state index in [0.717, 1.165) is 12.1 Å². The van der Waals surface area contributed by atoms with Crippen LogP contribution >= 0.6 is 0 Å². The number of hydrogen-bond acceptors (Lipinski definition) is 9. The minimum atomic E-state index is -4.87. The Bertz CT molecular complexity index is 2070. The molecule has 7 rings (SSSR count). The van der Waals surface area contributed by atoms with Gasteiger partial charge in [0.1, 0.15) is 17.7 Å². The van der Waals surface area contributed by atoms with Crippen molar-refractivity contribution in [3.05, 3.63) is 100 Å². The van der Waals surface area contributed by atoms with Gasteiger partial charge in [-0.25, -0.2) is 19.3 Å². The number of rotatable bonds is 4. The van der Waals surface area contributed by atoms with E-state index in [4.69, 9.17) is 13.9 Å². The van der Waals surface area contributed by atoms with Crippen molar-refractivity contribution in [1.82, 2.24) is 19.6 Å². The molecule has 0 saturated heterocycles. The maximum atomic E-state index is 13.5. The number of phenols is 1. The first-order valence-electron chi connectivity index (χ1n) is 12.4. The number of ether oxygens (including phenoxy) is 3. The largest absolute Gasteiger partial charge is 0.573 e. The highest BCUT2D eigenvalue weighted by molar-refractivity contribution is 5.87. The average Bonchev–Trinajstić information content (AvgIpc) is 3.41. The predicted octanol–water partition coefficient (Wildman–Crippen LogP) is 5.80. The first-order chi connectivity index (χ1) is 20.2. The Morgan fingerprint density at radius 2 is 1.81 bits per heavy atom. The number of aromatic hydroxyl groups is 1. The SMILES string of the molecule is COc1ccc(-c2nc3c4c(ncn3n2)Oc2c(c(=O)oc3ccccc23)C4c2ccc(OC(F)(F)F)cc2)cc1O. The van der Waals surface area contributed by atoms with E-state index in [2.05, 4.69) is 19.8 Å². The monoisotopic (exact) mass is 574 g/mol. The van der Waals surface area contributed by atoms with Gasteiger partial charge in [0.25, 0.3) is 0 Å². The lowest BCUT2D eigenvalue weighted by molar-refractivity contribution is -0.274. The molecule has 0 aliphatic carbocycles. The van der Waals surface area contributed by atoms with Crippen LogP contribution in [-0.2, 0) is 0 Å². The van der Waals surface area contributed by atoms with E-state index in [9.17, 15) is 23.1 Å². The molecule has 3 aromatic heterocycles. The van der Waals surface area contributed by atoms with Gasteiger partial charge in [-0.2, -0.15) is 0 Å². The Morgan fingerprint density at radius 3 is 2.55 bits per heavy atom. The number of methoxy groups -OCH3 is 1. The van der Waals surface area contributed by atoms with Crippen LogP contribution < -0.4 is 19.8 Å². The number of para-hydroxylation sites is 1. The van der Waals surface area contributed by atoms with Crippen molar-refractivity contribution in [2.24, 2.45) is 0 Å². The number of hydrogen-bond donors (Lipinski definition) is 1. The smallest absolute Gasteiger partial charge is 0.504 e. The summed E-state index contributed by atoms with van der Waals surface area (Å²) in [5, 5.41) is 15.3. The van der Waals surface area contributed by atoms with E-state index < -0.39 is 23.7 Å². The van der Waals surface area contributed by atoms with Crippen LogP contribution in [0.2, 0.25) is 0 Å². The molecule has 210 valence electrons. The summed E-state index contributed by atoms with van der Waals surface area (Å²) in [6.07, 6.45) is -3.48. The van der Waals surface area contributed by atoms with Crippen molar-refractivity contribution in [3.63, 3.8) is 0 Å². The molecular weight excluding hydrogens is 557 g/mol. The number of alkyl halides is 3. The second-order valence-electron chi connectivity index (χ2n) is 9.33. The third-order valence-corrected chi connectivity index (χ3v) is 6.85. The highest BCUT2D eigenvalue weighted by Gasteiger charge is 2.38. The molecule has 1 aliphatic heterocycles. The molecule has 6 aromatic rings. The molecule has 0 fully saturated rings. The molecule has 1 N–H and O–H groups in total. The highest BCUT2D eigenvalue weighted by atomic mass is 19.4. The van der Waals surface area contributed by atoms with E-state index in [1.54, 1.807) is 36.4 Å². The Kier molecular flexibility index (Phi) is 5.58. The number of benzene rings is 3. The molecule has 0 saturated carbocycles. The standard InChI is InChI=1S/C29H17F3N4O6/c1-39-20-11-8-15(12-18(20)37)25-34-26-23-21(14-6-9-16(10-7-14)42-29(30,31)32)22-24(41-27(23)33-13-36(26)35-25)17-4-2-3-5-19(17)40-28(22)38/h2-13,21,37H,1H3. The zero-order valence-electron chi connectivity index (χ0n) is 21.4. The molecule has 42 heavy (non-hydrogen) atoms. The Labute approximate surface area is 233 Å². The molecular formula is C29H17F3N4O6. The molecule has 10 nitrogen and oxygen atoms in total. The van der Waals surface area contributed by atoms with Gasteiger partial charge in [0.15, 0.2) is 28.7 Å². The highest BCUT2D eigenvalue weighted by Crippen LogP contribution is 2.49. The van der Waals surface area contributed by atoms with E-state index in [1.807, 2.05) is 0 Å². The molecule has 4 heterocycles. The van der Waals surface area contributed by atoms with Gasteiger partial charge in [-0.05, 0) is 48.0 Å². The van der Waals surface area contributed by atoms with Gasteiger partial charge in [0.05, 0.1) is 29.5 Å². The fraction of sp³-hybridized carbons (Fsp3) is 0.103. The van der Waals surface area contributed by atoms with Gasteiger partial charge in [-0.15, -0.1) is 18.3 Å². The van der Waals surface area contributed by atoms with Gasteiger partial charge < -0.3 is 23.7 Å². The molecule has 0 amide bonds. The Balaban J connectivity index is 1.46. The predicted molar refractivity (Wildman–Crippen MR) is 141 cm³/mol. The number of halogens is 3. The van der Waals surface area contributed by atoms with Crippen molar-refractivity contribution in [3.8, 4) is 40.3 Å². The molecule has 0 spiro atoms. The second kappa shape index (κ2) is 9.23. The van der Waals surface area contributed by atoms with E-state index in [-0.39, 0.29) is 40.2 Å². The fourth-order valence-corrected chi connectivity index (χ4v) is 5.08. The quantitative estimate of drug-likeness (QED) is 0.260. The summed E-state index contributed by atoms with van der Waals surface area (Å²) in [5.41, 5.74) is 1.22. The number of fused-ring (bicyclic) bond motifs is 6. The van der Waals surface area contributed by atoms with Crippen molar-refractivity contribution in [2.45, 2.75) is 12.3 Å². The van der Waals surface area contributed by atoms with Gasteiger partial charge in [0, 0.05) is 5.56 Å². The minimum Gasteiger partial charge on any atom is -0.504 e. The summed E-state index contributed by atoms with van der Waals surface area (Å²) in [5.74, 6) is -0.619. The van der Waals surface area contributed by atoms with Gasteiger partial charge >= 0.3 is 12.0 Å². The maximum absolute atomic E-state index is 13.5. The van der Waals surface area contributed by atoms with E-state index >= 15 is 0 Å². The zero-order chi connectivity index (χ0) is 29.2. The minimum absolute atomic E-state index is 0.116. The summed E-state index contributed by atoms with van der Waals surface area (Å²) in [6.45, 7) is 0. The Hall–Kier alpha value is -5.59. The summed E-state index contributed by atoms with van der Waals surface area (Å²) in [6, 6.07) is 16.6. The van der Waals surface area contributed by atoms with Crippen LogP contribution in [0.25, 0.3) is 28.0 Å². The lowest BCUT2D eigenvalue weighted by Crippen LogP contribution is -2.22.